The van der Waals surface area contributed by atoms with E-state index in [1.165, 1.54) is 0 Å². The summed E-state index contributed by atoms with van der Waals surface area (Å²) < 4.78 is 0. The summed E-state index contributed by atoms with van der Waals surface area (Å²) in [5.74, 6) is 1.38. The van der Waals surface area contributed by atoms with Gasteiger partial charge in [0.25, 0.3) is 0 Å². The zero-order valence-corrected chi connectivity index (χ0v) is 9.71. The zero-order chi connectivity index (χ0) is 10.7. The molecule has 1 aliphatic rings. The number of likely N-dealkylation sites (tertiary alicyclic amines) is 1. The number of nitrogens with one attached hydrogen (secondary N) is 1. The van der Waals surface area contributed by atoms with Crippen molar-refractivity contribution >= 4 is 5.91 Å². The average Bonchev–Trinajstić information content (AvgIpc) is 2.33. The van der Waals surface area contributed by atoms with Crippen LogP contribution in [0.3, 0.4) is 0 Å². The van der Waals surface area contributed by atoms with E-state index in [2.05, 4.69) is 26.1 Å². The highest BCUT2D eigenvalue weighted by Crippen LogP contribution is 2.25. The second-order valence-electron chi connectivity index (χ2n) is 4.70. The first kappa shape index (κ1) is 11.5. The highest BCUT2D eigenvalue weighted by molar-refractivity contribution is 5.79. The smallest absolute Gasteiger partial charge is 0.223 e. The Morgan fingerprint density at radius 2 is 2.21 bits per heavy atom. The van der Waals surface area contributed by atoms with Crippen molar-refractivity contribution in [2.75, 3.05) is 20.1 Å². The van der Waals surface area contributed by atoms with Gasteiger partial charge in [-0.3, -0.25) is 4.79 Å². The molecule has 14 heavy (non-hydrogen) atoms. The zero-order valence-electron chi connectivity index (χ0n) is 9.71. The molecule has 2 unspecified atom stereocenters. The van der Waals surface area contributed by atoms with Crippen LogP contribution < -0.4 is 5.32 Å². The molecule has 0 saturated carbocycles. The maximum absolute atomic E-state index is 11.7. The summed E-state index contributed by atoms with van der Waals surface area (Å²) in [6.45, 7) is 8.33. The first-order chi connectivity index (χ1) is 6.56. The molecule has 3 heteroatoms. The van der Waals surface area contributed by atoms with Crippen LogP contribution in [0.15, 0.2) is 0 Å². The molecule has 0 radical (unpaired) electrons. The molecule has 1 rings (SSSR count). The van der Waals surface area contributed by atoms with Crippen LogP contribution in [0.25, 0.3) is 0 Å². The molecule has 3 nitrogen and oxygen atoms in total. The largest absolute Gasteiger partial charge is 0.339 e. The van der Waals surface area contributed by atoms with Crippen molar-refractivity contribution in [3.8, 4) is 0 Å². The summed E-state index contributed by atoms with van der Waals surface area (Å²) in [7, 11) is 1.95. The Bertz CT molecular complexity index is 203. The van der Waals surface area contributed by atoms with Crippen LogP contribution in [0.4, 0.5) is 0 Å². The molecule has 1 N–H and O–H groups in total. The molecule has 2 atom stereocenters. The highest BCUT2D eigenvalue weighted by atomic mass is 16.2. The van der Waals surface area contributed by atoms with E-state index in [1.807, 2.05) is 11.9 Å². The standard InChI is InChI=1S/C11H22N2O/c1-8(2)7-13-9(3)10(6-12-4)5-11(13)14/h8-10,12H,5-7H2,1-4H3. The maximum atomic E-state index is 11.7. The van der Waals surface area contributed by atoms with E-state index >= 15 is 0 Å². The molecule has 1 fully saturated rings. The van der Waals surface area contributed by atoms with Crippen molar-refractivity contribution in [3.05, 3.63) is 0 Å². The minimum absolute atomic E-state index is 0.325. The Hall–Kier alpha value is -0.570. The van der Waals surface area contributed by atoms with Gasteiger partial charge in [0.15, 0.2) is 0 Å². The predicted octanol–water partition coefficient (Wildman–Crippen LogP) is 1.10. The molecule has 1 saturated heterocycles. The van der Waals surface area contributed by atoms with Crippen molar-refractivity contribution in [1.82, 2.24) is 10.2 Å². The first-order valence-electron chi connectivity index (χ1n) is 5.50. The van der Waals surface area contributed by atoms with Gasteiger partial charge in [0.2, 0.25) is 5.91 Å². The van der Waals surface area contributed by atoms with E-state index in [1.54, 1.807) is 0 Å². The Balaban J connectivity index is 2.56. The molecule has 0 aromatic rings. The van der Waals surface area contributed by atoms with Gasteiger partial charge in [-0.05, 0) is 19.9 Å². The summed E-state index contributed by atoms with van der Waals surface area (Å²) in [5.41, 5.74) is 0. The number of carbonyl (C=O) groups excluding carboxylic acids is 1. The summed E-state index contributed by atoms with van der Waals surface area (Å²) in [6, 6.07) is 0.400. The summed E-state index contributed by atoms with van der Waals surface area (Å²) in [4.78, 5) is 13.7. The molecule has 1 heterocycles. The first-order valence-corrected chi connectivity index (χ1v) is 5.50. The molecule has 0 spiro atoms. The highest BCUT2D eigenvalue weighted by Gasteiger charge is 2.35. The van der Waals surface area contributed by atoms with Crippen molar-refractivity contribution < 1.29 is 4.79 Å². The van der Waals surface area contributed by atoms with Crippen molar-refractivity contribution in [2.45, 2.75) is 33.2 Å². The third-order valence-corrected chi connectivity index (χ3v) is 2.96. The van der Waals surface area contributed by atoms with Gasteiger partial charge in [0, 0.05) is 31.5 Å². The van der Waals surface area contributed by atoms with E-state index in [-0.39, 0.29) is 0 Å². The average molecular weight is 198 g/mol. The lowest BCUT2D eigenvalue weighted by Crippen LogP contribution is -2.37. The predicted molar refractivity (Wildman–Crippen MR) is 58.0 cm³/mol. The fourth-order valence-electron chi connectivity index (χ4n) is 2.16. The second kappa shape index (κ2) is 4.78. The van der Waals surface area contributed by atoms with Crippen LogP contribution in [-0.2, 0) is 4.79 Å². The summed E-state index contributed by atoms with van der Waals surface area (Å²) in [6.07, 6.45) is 0.717. The van der Waals surface area contributed by atoms with Crippen molar-refractivity contribution in [1.29, 1.82) is 0 Å². The lowest BCUT2D eigenvalue weighted by Gasteiger charge is -2.26. The van der Waals surface area contributed by atoms with Crippen LogP contribution in [0.2, 0.25) is 0 Å². The van der Waals surface area contributed by atoms with Gasteiger partial charge in [-0.25, -0.2) is 0 Å². The van der Waals surface area contributed by atoms with Crippen LogP contribution in [0.5, 0.6) is 0 Å². The Kier molecular flexibility index (Phi) is 3.93. The molecule has 82 valence electrons. The van der Waals surface area contributed by atoms with Crippen LogP contribution in [-0.4, -0.2) is 37.0 Å². The molecule has 0 bridgehead atoms. The van der Waals surface area contributed by atoms with Crippen LogP contribution in [0, 0.1) is 11.8 Å². The Labute approximate surface area is 86.9 Å². The molecular weight excluding hydrogens is 176 g/mol. The Morgan fingerprint density at radius 3 is 2.71 bits per heavy atom. The van der Waals surface area contributed by atoms with Gasteiger partial charge in [-0.1, -0.05) is 13.8 Å². The second-order valence-corrected chi connectivity index (χ2v) is 4.70. The van der Waals surface area contributed by atoms with Gasteiger partial charge in [0.1, 0.15) is 0 Å². The number of nitrogens with zero attached hydrogens (tertiary/aromatic N) is 1. The van der Waals surface area contributed by atoms with Gasteiger partial charge in [0.05, 0.1) is 0 Å². The van der Waals surface area contributed by atoms with E-state index in [4.69, 9.17) is 0 Å². The normalized spacial score (nSPS) is 27.8. The molecule has 0 aromatic carbocycles. The third-order valence-electron chi connectivity index (χ3n) is 2.96. The maximum Gasteiger partial charge on any atom is 0.223 e. The van der Waals surface area contributed by atoms with Crippen molar-refractivity contribution in [2.24, 2.45) is 11.8 Å². The Morgan fingerprint density at radius 1 is 1.57 bits per heavy atom. The number of carbonyl (C=O) groups is 1. The molecule has 1 amide bonds. The van der Waals surface area contributed by atoms with Gasteiger partial charge < -0.3 is 10.2 Å². The van der Waals surface area contributed by atoms with Crippen molar-refractivity contribution in [3.63, 3.8) is 0 Å². The van der Waals surface area contributed by atoms with E-state index in [0.29, 0.717) is 30.2 Å². The quantitative estimate of drug-likeness (QED) is 0.733. The number of amides is 1. The van der Waals surface area contributed by atoms with Crippen LogP contribution in [0.1, 0.15) is 27.2 Å². The number of rotatable bonds is 4. The summed E-state index contributed by atoms with van der Waals surface area (Å²) >= 11 is 0. The summed E-state index contributed by atoms with van der Waals surface area (Å²) in [5, 5.41) is 3.16. The minimum atomic E-state index is 0.325. The molecule has 0 aromatic heterocycles. The van der Waals surface area contributed by atoms with Gasteiger partial charge >= 0.3 is 0 Å². The van der Waals surface area contributed by atoms with Gasteiger partial charge in [-0.2, -0.15) is 0 Å². The third kappa shape index (κ3) is 2.47. The molecule has 0 aliphatic carbocycles. The van der Waals surface area contributed by atoms with E-state index in [9.17, 15) is 4.79 Å². The fourth-order valence-corrected chi connectivity index (χ4v) is 2.16. The number of hydrogen-bond donors (Lipinski definition) is 1. The van der Waals surface area contributed by atoms with Crippen LogP contribution >= 0.6 is 0 Å². The lowest BCUT2D eigenvalue weighted by molar-refractivity contribution is -0.129. The lowest BCUT2D eigenvalue weighted by atomic mass is 10.0. The topological polar surface area (TPSA) is 32.3 Å². The monoisotopic (exact) mass is 198 g/mol. The molecule has 1 aliphatic heterocycles. The SMILES string of the molecule is CNCC1CC(=O)N(CC(C)C)C1C. The fraction of sp³-hybridized carbons (Fsp3) is 0.909. The number of hydrogen-bond acceptors (Lipinski definition) is 2. The van der Waals surface area contributed by atoms with Gasteiger partial charge in [-0.15, -0.1) is 0 Å². The molecular formula is C11H22N2O. The minimum Gasteiger partial charge on any atom is -0.339 e. The van der Waals surface area contributed by atoms with E-state index < -0.39 is 0 Å². The van der Waals surface area contributed by atoms with E-state index in [0.717, 1.165) is 13.1 Å².